The Morgan fingerprint density at radius 3 is 1.73 bits per heavy atom. The Kier molecular flexibility index (Phi) is 8.99. The van der Waals surface area contributed by atoms with Crippen LogP contribution in [-0.4, -0.2) is 36.0 Å². The van der Waals surface area contributed by atoms with Gasteiger partial charge in [0.2, 0.25) is 11.6 Å². The highest BCUT2D eigenvalue weighted by Crippen LogP contribution is 2.34. The summed E-state index contributed by atoms with van der Waals surface area (Å²) in [7, 11) is 3.10. The van der Waals surface area contributed by atoms with E-state index >= 15 is 0 Å². The van der Waals surface area contributed by atoms with Crippen molar-refractivity contribution in [3.05, 3.63) is 138 Å². The van der Waals surface area contributed by atoms with Gasteiger partial charge in [-0.3, -0.25) is 9.59 Å². The topological polar surface area (TPSA) is 105 Å². The van der Waals surface area contributed by atoms with Gasteiger partial charge >= 0.3 is 0 Å². The molecule has 0 aliphatic heterocycles. The number of aliphatic hydroxyl groups excluding tert-OH is 2. The van der Waals surface area contributed by atoms with E-state index in [9.17, 15) is 19.8 Å². The van der Waals surface area contributed by atoms with E-state index in [0.717, 1.165) is 6.08 Å². The average molecular weight is 536 g/mol. The number of ether oxygens (including phenoxy) is 2. The van der Waals surface area contributed by atoms with Crippen molar-refractivity contribution in [1.82, 2.24) is 0 Å². The molecule has 0 heterocycles. The molecule has 0 amide bonds. The van der Waals surface area contributed by atoms with Gasteiger partial charge in [0, 0.05) is 22.9 Å². The third kappa shape index (κ3) is 6.57. The monoisotopic (exact) mass is 535 g/mol. The Labute approximate surface area is 232 Å². The van der Waals surface area contributed by atoms with E-state index in [1.165, 1.54) is 0 Å². The van der Waals surface area contributed by atoms with Crippen molar-refractivity contribution in [2.45, 2.75) is 6.04 Å². The molecule has 0 aliphatic carbocycles. The smallest absolute Gasteiger partial charge is 0.235 e. The standard InChI is InChI=1S/C33H29NO6/c1-39-26-17-13-23(14-18-26)31(34-25-15-19-27(40-2)20-16-25)30(32(37)24-11-7-4-8-12-24)33(38)29(36)21-28(35)22-9-5-3-6-10-22/h3-21,31,34-35,37H,1-2H3/b28-21-,32-30?. The highest BCUT2D eigenvalue weighted by atomic mass is 16.5. The van der Waals surface area contributed by atoms with E-state index in [-0.39, 0.29) is 17.1 Å². The molecule has 3 N–H and O–H groups in total. The average Bonchev–Trinajstić information content (AvgIpc) is 3.01. The number of aliphatic hydroxyl groups is 2. The molecular weight excluding hydrogens is 506 g/mol. The van der Waals surface area contributed by atoms with Crippen molar-refractivity contribution in [3.63, 3.8) is 0 Å². The molecule has 0 spiro atoms. The number of ketones is 2. The molecule has 0 aromatic heterocycles. The van der Waals surface area contributed by atoms with E-state index in [2.05, 4.69) is 5.32 Å². The van der Waals surface area contributed by atoms with Gasteiger partial charge < -0.3 is 25.0 Å². The predicted molar refractivity (Wildman–Crippen MR) is 155 cm³/mol. The fourth-order valence-electron chi connectivity index (χ4n) is 4.11. The Morgan fingerprint density at radius 2 is 1.20 bits per heavy atom. The van der Waals surface area contributed by atoms with Gasteiger partial charge in [0.1, 0.15) is 23.0 Å². The lowest BCUT2D eigenvalue weighted by atomic mass is 9.90. The van der Waals surface area contributed by atoms with Gasteiger partial charge in [-0.25, -0.2) is 0 Å². The first kappa shape index (κ1) is 27.7. The zero-order valence-electron chi connectivity index (χ0n) is 22.1. The minimum absolute atomic E-state index is 0.186. The van der Waals surface area contributed by atoms with Gasteiger partial charge in [-0.05, 0) is 42.0 Å². The van der Waals surface area contributed by atoms with Gasteiger partial charge in [0.05, 0.1) is 25.8 Å². The molecule has 0 saturated heterocycles. The van der Waals surface area contributed by atoms with Crippen molar-refractivity contribution in [3.8, 4) is 11.5 Å². The molecule has 4 rings (SSSR count). The molecule has 0 fully saturated rings. The van der Waals surface area contributed by atoms with E-state index in [1.807, 2.05) is 0 Å². The first-order chi connectivity index (χ1) is 19.4. The summed E-state index contributed by atoms with van der Waals surface area (Å²) < 4.78 is 10.5. The molecule has 0 saturated carbocycles. The number of nitrogens with one attached hydrogen (secondary N) is 1. The lowest BCUT2D eigenvalue weighted by Gasteiger charge is -2.24. The zero-order chi connectivity index (χ0) is 28.5. The summed E-state index contributed by atoms with van der Waals surface area (Å²) in [6.07, 6.45) is 0.869. The van der Waals surface area contributed by atoms with Gasteiger partial charge in [-0.2, -0.15) is 0 Å². The number of allylic oxidation sites excluding steroid dienone is 1. The molecule has 7 heteroatoms. The maximum Gasteiger partial charge on any atom is 0.235 e. The fraction of sp³-hybridized carbons (Fsp3) is 0.0909. The second-order valence-corrected chi connectivity index (χ2v) is 8.80. The van der Waals surface area contributed by atoms with Crippen LogP contribution in [0.25, 0.3) is 11.5 Å². The molecule has 202 valence electrons. The van der Waals surface area contributed by atoms with Crippen molar-refractivity contribution < 1.29 is 29.3 Å². The molecule has 40 heavy (non-hydrogen) atoms. The quantitative estimate of drug-likeness (QED) is 0.113. The molecule has 4 aromatic carbocycles. The summed E-state index contributed by atoms with van der Waals surface area (Å²) in [5, 5.41) is 25.3. The van der Waals surface area contributed by atoms with E-state index in [4.69, 9.17) is 9.47 Å². The Bertz CT molecular complexity index is 1510. The second-order valence-electron chi connectivity index (χ2n) is 8.80. The van der Waals surface area contributed by atoms with E-state index in [0.29, 0.717) is 33.9 Å². The van der Waals surface area contributed by atoms with Crippen LogP contribution in [0.4, 0.5) is 5.69 Å². The molecule has 0 aliphatic rings. The normalized spacial score (nSPS) is 12.6. The maximum atomic E-state index is 13.8. The maximum absolute atomic E-state index is 13.8. The van der Waals surface area contributed by atoms with Crippen LogP contribution in [0.1, 0.15) is 22.7 Å². The number of hydrogen-bond acceptors (Lipinski definition) is 7. The SMILES string of the molecule is COc1ccc(NC(C(C(=O)C(=O)/C=C(\O)c2ccccc2)=C(O)c2ccccc2)c2ccc(OC)cc2)cc1. The number of carbonyl (C=O) groups is 2. The third-order valence-corrected chi connectivity index (χ3v) is 6.25. The van der Waals surface area contributed by atoms with Gasteiger partial charge in [-0.1, -0.05) is 72.8 Å². The third-order valence-electron chi connectivity index (χ3n) is 6.25. The zero-order valence-corrected chi connectivity index (χ0v) is 22.1. The first-order valence-electron chi connectivity index (χ1n) is 12.5. The number of rotatable bonds is 11. The van der Waals surface area contributed by atoms with Crippen LogP contribution in [0.15, 0.2) is 121 Å². The van der Waals surface area contributed by atoms with Crippen LogP contribution in [0.2, 0.25) is 0 Å². The second kappa shape index (κ2) is 13.0. The molecule has 4 aromatic rings. The van der Waals surface area contributed by atoms with Crippen molar-refractivity contribution in [2.75, 3.05) is 19.5 Å². The minimum atomic E-state index is -0.992. The van der Waals surface area contributed by atoms with Crippen LogP contribution in [0, 0.1) is 0 Å². The number of methoxy groups -OCH3 is 2. The highest BCUT2D eigenvalue weighted by molar-refractivity contribution is 6.49. The first-order valence-corrected chi connectivity index (χ1v) is 12.5. The number of carbonyl (C=O) groups excluding carboxylic acids is 2. The van der Waals surface area contributed by atoms with Crippen molar-refractivity contribution in [1.29, 1.82) is 0 Å². The molecule has 0 radical (unpaired) electrons. The van der Waals surface area contributed by atoms with Crippen LogP contribution in [0.5, 0.6) is 11.5 Å². The Morgan fingerprint density at radius 1 is 0.700 bits per heavy atom. The Hall–Kier alpha value is -5.30. The predicted octanol–water partition coefficient (Wildman–Crippen LogP) is 6.56. The minimum Gasteiger partial charge on any atom is -0.507 e. The summed E-state index contributed by atoms with van der Waals surface area (Å²) in [6.45, 7) is 0. The molecule has 1 atom stereocenters. The summed E-state index contributed by atoms with van der Waals surface area (Å²) in [5.74, 6) is -1.46. The summed E-state index contributed by atoms with van der Waals surface area (Å²) >= 11 is 0. The molecule has 0 bridgehead atoms. The van der Waals surface area contributed by atoms with E-state index < -0.39 is 17.6 Å². The van der Waals surface area contributed by atoms with Gasteiger partial charge in [0.15, 0.2) is 0 Å². The molecule has 1 unspecified atom stereocenters. The number of benzene rings is 4. The van der Waals surface area contributed by atoms with Crippen molar-refractivity contribution >= 4 is 28.8 Å². The Balaban J connectivity index is 1.85. The lowest BCUT2D eigenvalue weighted by Crippen LogP contribution is -2.25. The van der Waals surface area contributed by atoms with Gasteiger partial charge in [0.25, 0.3) is 0 Å². The summed E-state index contributed by atoms with van der Waals surface area (Å²) in [4.78, 5) is 27.1. The number of Topliss-reactive ketones (excluding diaryl/α,β-unsaturated/α-hetero) is 1. The van der Waals surface area contributed by atoms with E-state index in [1.54, 1.807) is 123 Å². The van der Waals surface area contributed by atoms with Crippen LogP contribution < -0.4 is 14.8 Å². The number of hydrogen-bond donors (Lipinski definition) is 3. The van der Waals surface area contributed by atoms with Crippen molar-refractivity contribution in [2.24, 2.45) is 0 Å². The largest absolute Gasteiger partial charge is 0.507 e. The summed E-state index contributed by atoms with van der Waals surface area (Å²) in [5.41, 5.74) is 1.75. The molecule has 7 nitrogen and oxygen atoms in total. The molecular formula is C33H29NO6. The van der Waals surface area contributed by atoms with Gasteiger partial charge in [-0.15, -0.1) is 0 Å². The number of anilines is 1. The van der Waals surface area contributed by atoms with Crippen LogP contribution in [-0.2, 0) is 9.59 Å². The highest BCUT2D eigenvalue weighted by Gasteiger charge is 2.31. The fourth-order valence-corrected chi connectivity index (χ4v) is 4.11. The van der Waals surface area contributed by atoms with Crippen LogP contribution >= 0.6 is 0 Å². The lowest BCUT2D eigenvalue weighted by molar-refractivity contribution is -0.131. The van der Waals surface area contributed by atoms with Crippen LogP contribution in [0.3, 0.4) is 0 Å². The summed E-state index contributed by atoms with van der Waals surface area (Å²) in [6, 6.07) is 29.9.